The first-order valence-electron chi connectivity index (χ1n) is 8.58. The highest BCUT2D eigenvalue weighted by Crippen LogP contribution is 2.42. The molecule has 130 valence electrons. The third-order valence-corrected chi connectivity index (χ3v) is 6.09. The molecule has 0 saturated heterocycles. The number of fused-ring (bicyclic) bond motifs is 1. The summed E-state index contributed by atoms with van der Waals surface area (Å²) < 4.78 is 0. The predicted octanol–water partition coefficient (Wildman–Crippen LogP) is 6.03. The molecule has 1 heterocycles. The van der Waals surface area contributed by atoms with E-state index in [0.717, 1.165) is 11.1 Å². The summed E-state index contributed by atoms with van der Waals surface area (Å²) in [5.74, 6) is 0.308. The van der Waals surface area contributed by atoms with Crippen LogP contribution in [0.15, 0.2) is 41.3 Å². The standard InChI is InChI=1S/C22H24O2S/c1-14(11-16-5-7-18(21(23)24)15(2)12-16)17-6-8-20-19(13-17)22(3,4)9-10-25-20/h5-8,11-13H,9-10H2,1-4H3,(H,23,24)/b14-11+. The second-order valence-electron chi connectivity index (χ2n) is 7.40. The van der Waals surface area contributed by atoms with E-state index in [1.165, 1.54) is 33.8 Å². The molecule has 0 aliphatic carbocycles. The molecule has 0 atom stereocenters. The van der Waals surface area contributed by atoms with Gasteiger partial charge in [0, 0.05) is 4.90 Å². The first-order chi connectivity index (χ1) is 11.8. The SMILES string of the molecule is C/C(=C\c1ccc(C(=O)O)c(C)c1)c1ccc2c(c1)C(C)(C)CCS2. The van der Waals surface area contributed by atoms with E-state index >= 15 is 0 Å². The Morgan fingerprint density at radius 2 is 1.96 bits per heavy atom. The van der Waals surface area contributed by atoms with Crippen LogP contribution in [-0.2, 0) is 5.41 Å². The van der Waals surface area contributed by atoms with Crippen LogP contribution in [0.4, 0.5) is 0 Å². The molecule has 1 N–H and O–H groups in total. The number of thioether (sulfide) groups is 1. The van der Waals surface area contributed by atoms with Gasteiger partial charge in [-0.25, -0.2) is 4.79 Å². The summed E-state index contributed by atoms with van der Waals surface area (Å²) in [6.45, 7) is 8.60. The van der Waals surface area contributed by atoms with Gasteiger partial charge in [-0.1, -0.05) is 38.1 Å². The van der Waals surface area contributed by atoms with Crippen LogP contribution in [0.25, 0.3) is 11.6 Å². The van der Waals surface area contributed by atoms with Crippen molar-refractivity contribution >= 4 is 29.4 Å². The van der Waals surface area contributed by atoms with Crippen LogP contribution in [0, 0.1) is 6.92 Å². The number of rotatable bonds is 3. The van der Waals surface area contributed by atoms with Crippen LogP contribution in [0.1, 0.15) is 59.8 Å². The zero-order chi connectivity index (χ0) is 18.2. The summed E-state index contributed by atoms with van der Waals surface area (Å²) in [4.78, 5) is 12.6. The molecule has 2 aromatic carbocycles. The van der Waals surface area contributed by atoms with Crippen molar-refractivity contribution < 1.29 is 9.90 Å². The second-order valence-corrected chi connectivity index (χ2v) is 8.54. The monoisotopic (exact) mass is 352 g/mol. The largest absolute Gasteiger partial charge is 0.478 e. The fourth-order valence-electron chi connectivity index (χ4n) is 3.33. The van der Waals surface area contributed by atoms with Gasteiger partial charge in [-0.2, -0.15) is 0 Å². The molecule has 0 spiro atoms. The Kier molecular flexibility index (Phi) is 4.79. The number of aryl methyl sites for hydroxylation is 1. The van der Waals surface area contributed by atoms with Crippen molar-refractivity contribution in [3.05, 3.63) is 64.2 Å². The minimum absolute atomic E-state index is 0.219. The lowest BCUT2D eigenvalue weighted by atomic mass is 9.80. The van der Waals surface area contributed by atoms with E-state index in [2.05, 4.69) is 45.0 Å². The maximum absolute atomic E-state index is 11.2. The molecule has 0 aromatic heterocycles. The fourth-order valence-corrected chi connectivity index (χ4v) is 4.82. The van der Waals surface area contributed by atoms with Gasteiger partial charge < -0.3 is 5.11 Å². The van der Waals surface area contributed by atoms with E-state index in [1.54, 1.807) is 6.07 Å². The molecule has 3 heteroatoms. The molecule has 0 amide bonds. The topological polar surface area (TPSA) is 37.3 Å². The number of benzene rings is 2. The van der Waals surface area contributed by atoms with Gasteiger partial charge in [0.25, 0.3) is 0 Å². The summed E-state index contributed by atoms with van der Waals surface area (Å²) in [5, 5.41) is 9.16. The number of hydrogen-bond acceptors (Lipinski definition) is 2. The summed E-state index contributed by atoms with van der Waals surface area (Å²) in [6.07, 6.45) is 3.33. The number of carbonyl (C=O) groups is 1. The normalized spacial score (nSPS) is 16.4. The van der Waals surface area contributed by atoms with Crippen LogP contribution in [-0.4, -0.2) is 16.8 Å². The Labute approximate surface area is 154 Å². The highest BCUT2D eigenvalue weighted by atomic mass is 32.2. The Balaban J connectivity index is 1.96. The summed E-state index contributed by atoms with van der Waals surface area (Å²) >= 11 is 1.95. The van der Waals surface area contributed by atoms with Crippen LogP contribution < -0.4 is 0 Å². The molecule has 0 bridgehead atoms. The van der Waals surface area contributed by atoms with Gasteiger partial charge in [-0.15, -0.1) is 11.8 Å². The van der Waals surface area contributed by atoms with Crippen molar-refractivity contribution in [3.63, 3.8) is 0 Å². The third kappa shape index (κ3) is 3.67. The Morgan fingerprint density at radius 1 is 1.20 bits per heavy atom. The van der Waals surface area contributed by atoms with Crippen molar-refractivity contribution in [1.82, 2.24) is 0 Å². The summed E-state index contributed by atoms with van der Waals surface area (Å²) in [6, 6.07) is 12.3. The number of aromatic carboxylic acids is 1. The minimum atomic E-state index is -0.876. The first kappa shape index (κ1) is 17.8. The smallest absolute Gasteiger partial charge is 0.335 e. The van der Waals surface area contributed by atoms with Gasteiger partial charge in [0.05, 0.1) is 5.56 Å². The number of allylic oxidation sites excluding steroid dienone is 1. The lowest BCUT2D eigenvalue weighted by molar-refractivity contribution is 0.0696. The Bertz CT molecular complexity index is 862. The van der Waals surface area contributed by atoms with Gasteiger partial charge in [0.15, 0.2) is 0 Å². The van der Waals surface area contributed by atoms with E-state index in [1.807, 2.05) is 30.8 Å². The maximum atomic E-state index is 11.2. The molecule has 1 aliphatic heterocycles. The average molecular weight is 352 g/mol. The molecule has 2 aromatic rings. The summed E-state index contributed by atoms with van der Waals surface area (Å²) in [7, 11) is 0. The highest BCUT2D eigenvalue weighted by Gasteiger charge is 2.27. The maximum Gasteiger partial charge on any atom is 0.335 e. The van der Waals surface area contributed by atoms with E-state index in [0.29, 0.717) is 5.56 Å². The van der Waals surface area contributed by atoms with Gasteiger partial charge in [0.2, 0.25) is 0 Å². The number of hydrogen-bond donors (Lipinski definition) is 1. The molecule has 2 nitrogen and oxygen atoms in total. The molecular formula is C22H24O2S. The van der Waals surface area contributed by atoms with Crippen molar-refractivity contribution in [2.45, 2.75) is 44.4 Å². The fraction of sp³-hybridized carbons (Fsp3) is 0.318. The van der Waals surface area contributed by atoms with Gasteiger partial charge in [0.1, 0.15) is 0 Å². The molecule has 0 fully saturated rings. The highest BCUT2D eigenvalue weighted by molar-refractivity contribution is 7.99. The molecule has 0 saturated carbocycles. The van der Waals surface area contributed by atoms with E-state index in [9.17, 15) is 4.79 Å². The van der Waals surface area contributed by atoms with Crippen LogP contribution in [0.5, 0.6) is 0 Å². The van der Waals surface area contributed by atoms with Crippen molar-refractivity contribution in [2.24, 2.45) is 0 Å². The van der Waals surface area contributed by atoms with Crippen molar-refractivity contribution in [1.29, 1.82) is 0 Å². The average Bonchev–Trinajstić information content (AvgIpc) is 2.54. The zero-order valence-electron chi connectivity index (χ0n) is 15.2. The number of carboxylic acids is 1. The Morgan fingerprint density at radius 3 is 2.64 bits per heavy atom. The molecule has 0 radical (unpaired) electrons. The molecule has 3 rings (SSSR count). The molecular weight excluding hydrogens is 328 g/mol. The van der Waals surface area contributed by atoms with Crippen LogP contribution in [0.2, 0.25) is 0 Å². The lowest BCUT2D eigenvalue weighted by Crippen LogP contribution is -2.22. The van der Waals surface area contributed by atoms with Crippen LogP contribution in [0.3, 0.4) is 0 Å². The van der Waals surface area contributed by atoms with Crippen molar-refractivity contribution in [3.8, 4) is 0 Å². The number of carboxylic acid groups (broad SMARTS) is 1. The van der Waals surface area contributed by atoms with E-state index < -0.39 is 5.97 Å². The predicted molar refractivity (Wildman–Crippen MR) is 106 cm³/mol. The second kappa shape index (κ2) is 6.72. The quantitative estimate of drug-likeness (QED) is 0.686. The molecule has 1 aliphatic rings. The first-order valence-corrected chi connectivity index (χ1v) is 9.56. The summed E-state index contributed by atoms with van der Waals surface area (Å²) in [5.41, 5.74) is 6.26. The lowest BCUT2D eigenvalue weighted by Gasteiger charge is -2.32. The zero-order valence-corrected chi connectivity index (χ0v) is 16.0. The third-order valence-electron chi connectivity index (χ3n) is 5.01. The van der Waals surface area contributed by atoms with Gasteiger partial charge in [-0.05, 0) is 77.5 Å². The molecule has 0 unspecified atom stereocenters. The molecule has 25 heavy (non-hydrogen) atoms. The van der Waals surface area contributed by atoms with Crippen molar-refractivity contribution in [2.75, 3.05) is 5.75 Å². The van der Waals surface area contributed by atoms with Gasteiger partial charge in [-0.3, -0.25) is 0 Å². The van der Waals surface area contributed by atoms with E-state index in [-0.39, 0.29) is 5.41 Å². The minimum Gasteiger partial charge on any atom is -0.478 e. The van der Waals surface area contributed by atoms with Gasteiger partial charge >= 0.3 is 5.97 Å². The van der Waals surface area contributed by atoms with E-state index in [4.69, 9.17) is 5.11 Å². The Hall–Kier alpha value is -2.00. The van der Waals surface area contributed by atoms with Crippen LogP contribution >= 0.6 is 11.8 Å².